The summed E-state index contributed by atoms with van der Waals surface area (Å²) in [7, 11) is 0. The summed E-state index contributed by atoms with van der Waals surface area (Å²) in [5.41, 5.74) is 0.948. The monoisotopic (exact) mass is 259 g/mol. The molecule has 2 aromatic rings. The molecule has 0 saturated heterocycles. The van der Waals surface area contributed by atoms with Crippen molar-refractivity contribution in [1.29, 1.82) is 5.26 Å². The normalized spacial score (nSPS) is 12.1. The third kappa shape index (κ3) is 2.42. The lowest BCUT2D eigenvalue weighted by molar-refractivity contribution is 0.250. The van der Waals surface area contributed by atoms with Crippen LogP contribution >= 0.6 is 11.6 Å². The molecule has 2 aromatic carbocycles. The number of hydrogen-bond donors (Lipinski definition) is 0. The fourth-order valence-electron chi connectivity index (χ4n) is 1.92. The van der Waals surface area contributed by atoms with Gasteiger partial charge in [-0.3, -0.25) is 0 Å². The Hall–Kier alpha value is -1.72. The van der Waals surface area contributed by atoms with Crippen molar-refractivity contribution in [2.45, 2.75) is 25.3 Å². The van der Waals surface area contributed by atoms with E-state index in [4.69, 9.17) is 21.6 Å². The second kappa shape index (κ2) is 5.75. The summed E-state index contributed by atoms with van der Waals surface area (Å²) in [4.78, 5) is 0. The average Bonchev–Trinajstić information content (AvgIpc) is 2.44. The largest absolute Gasteiger partial charge is 0.475 e. The minimum absolute atomic E-state index is 0.374. The Bertz CT molecular complexity index is 589. The number of nitrogens with zero attached hydrogens (tertiary/aromatic N) is 1. The van der Waals surface area contributed by atoms with Gasteiger partial charge in [0.1, 0.15) is 11.8 Å². The molecular formula is C15H14ClNO. The van der Waals surface area contributed by atoms with E-state index in [2.05, 4.69) is 6.07 Å². The van der Waals surface area contributed by atoms with E-state index in [1.165, 1.54) is 0 Å². The Morgan fingerprint density at radius 2 is 2.06 bits per heavy atom. The van der Waals surface area contributed by atoms with Gasteiger partial charge in [-0.15, -0.1) is 11.6 Å². The minimum Gasteiger partial charge on any atom is -0.475 e. The van der Waals surface area contributed by atoms with Gasteiger partial charge in [0.15, 0.2) is 6.10 Å². The molecule has 18 heavy (non-hydrogen) atoms. The zero-order valence-corrected chi connectivity index (χ0v) is 10.9. The molecule has 0 spiro atoms. The van der Waals surface area contributed by atoms with Crippen molar-refractivity contribution in [3.8, 4) is 11.8 Å². The van der Waals surface area contributed by atoms with Crippen LogP contribution < -0.4 is 4.74 Å². The number of benzene rings is 2. The molecule has 0 amide bonds. The molecule has 2 nitrogen and oxygen atoms in total. The summed E-state index contributed by atoms with van der Waals surface area (Å²) in [5.74, 6) is 1.08. The molecule has 3 heteroatoms. The smallest absolute Gasteiger partial charge is 0.184 e. The number of rotatable bonds is 4. The highest BCUT2D eigenvalue weighted by atomic mass is 35.5. The highest BCUT2D eigenvalue weighted by Gasteiger charge is 2.12. The van der Waals surface area contributed by atoms with Crippen molar-refractivity contribution in [2.24, 2.45) is 0 Å². The lowest BCUT2D eigenvalue weighted by atomic mass is 10.0. The van der Waals surface area contributed by atoms with Crippen molar-refractivity contribution in [2.75, 3.05) is 0 Å². The fourth-order valence-corrected chi connectivity index (χ4v) is 2.19. The first kappa shape index (κ1) is 12.7. The van der Waals surface area contributed by atoms with E-state index in [0.29, 0.717) is 18.1 Å². The summed E-state index contributed by atoms with van der Waals surface area (Å²) in [5, 5.41) is 11.2. The molecule has 92 valence electrons. The fraction of sp³-hybridized carbons (Fsp3) is 0.267. The molecule has 0 aliphatic rings. The van der Waals surface area contributed by atoms with E-state index in [1.54, 1.807) is 0 Å². The Balaban J connectivity index is 2.48. The minimum atomic E-state index is -0.423. The van der Waals surface area contributed by atoms with Crippen molar-refractivity contribution in [3.05, 3.63) is 42.0 Å². The summed E-state index contributed by atoms with van der Waals surface area (Å²) in [6.45, 7) is 1.93. The number of fused-ring (bicyclic) bond motifs is 1. The molecule has 0 radical (unpaired) electrons. The average molecular weight is 260 g/mol. The second-order valence-electron chi connectivity index (χ2n) is 4.04. The van der Waals surface area contributed by atoms with Crippen LogP contribution in [0, 0.1) is 11.3 Å². The van der Waals surface area contributed by atoms with Crippen molar-refractivity contribution < 1.29 is 4.74 Å². The van der Waals surface area contributed by atoms with Gasteiger partial charge in [-0.2, -0.15) is 5.26 Å². The number of hydrogen-bond acceptors (Lipinski definition) is 2. The van der Waals surface area contributed by atoms with Crippen LogP contribution in [0.25, 0.3) is 10.8 Å². The molecule has 0 heterocycles. The molecule has 1 atom stereocenters. The van der Waals surface area contributed by atoms with Gasteiger partial charge >= 0.3 is 0 Å². The van der Waals surface area contributed by atoms with Crippen LogP contribution in [-0.4, -0.2) is 6.10 Å². The third-order valence-electron chi connectivity index (χ3n) is 2.92. The highest BCUT2D eigenvalue weighted by molar-refractivity contribution is 6.18. The van der Waals surface area contributed by atoms with Gasteiger partial charge in [0.25, 0.3) is 0 Å². The van der Waals surface area contributed by atoms with E-state index >= 15 is 0 Å². The van der Waals surface area contributed by atoms with Gasteiger partial charge in [-0.1, -0.05) is 37.3 Å². The number of halogens is 1. The van der Waals surface area contributed by atoms with Crippen LogP contribution in [0.4, 0.5) is 0 Å². The van der Waals surface area contributed by atoms with Crippen LogP contribution in [-0.2, 0) is 5.88 Å². The topological polar surface area (TPSA) is 33.0 Å². The highest BCUT2D eigenvalue weighted by Crippen LogP contribution is 2.30. The van der Waals surface area contributed by atoms with Gasteiger partial charge in [0.2, 0.25) is 0 Å². The summed E-state index contributed by atoms with van der Waals surface area (Å²) in [6, 6.07) is 14.0. The zero-order chi connectivity index (χ0) is 13.0. The van der Waals surface area contributed by atoms with Gasteiger partial charge in [0, 0.05) is 5.56 Å². The number of alkyl halides is 1. The van der Waals surface area contributed by atoms with Crippen LogP contribution in [0.3, 0.4) is 0 Å². The van der Waals surface area contributed by atoms with E-state index in [1.807, 2.05) is 43.3 Å². The molecule has 0 aromatic heterocycles. The van der Waals surface area contributed by atoms with E-state index in [9.17, 15) is 0 Å². The first-order chi connectivity index (χ1) is 8.80. The maximum atomic E-state index is 8.96. The third-order valence-corrected chi connectivity index (χ3v) is 3.18. The molecular weight excluding hydrogens is 246 g/mol. The van der Waals surface area contributed by atoms with Crippen molar-refractivity contribution in [1.82, 2.24) is 0 Å². The summed E-state index contributed by atoms with van der Waals surface area (Å²) < 4.78 is 5.70. The first-order valence-electron chi connectivity index (χ1n) is 5.93. The number of nitriles is 1. The lowest BCUT2D eigenvalue weighted by Crippen LogP contribution is -2.13. The predicted molar refractivity (Wildman–Crippen MR) is 73.8 cm³/mol. The molecule has 0 bridgehead atoms. The first-order valence-corrected chi connectivity index (χ1v) is 6.46. The zero-order valence-electron chi connectivity index (χ0n) is 10.2. The van der Waals surface area contributed by atoms with Crippen molar-refractivity contribution in [3.63, 3.8) is 0 Å². The molecule has 0 fully saturated rings. The van der Waals surface area contributed by atoms with Gasteiger partial charge in [-0.25, -0.2) is 0 Å². The predicted octanol–water partition coefficient (Wildman–Crippen LogP) is 4.26. The van der Waals surface area contributed by atoms with Gasteiger partial charge < -0.3 is 4.74 Å². The lowest BCUT2D eigenvalue weighted by Gasteiger charge is -2.15. The Morgan fingerprint density at radius 1 is 1.28 bits per heavy atom. The quantitative estimate of drug-likeness (QED) is 0.769. The number of ether oxygens (including phenoxy) is 1. The standard InChI is InChI=1S/C15H14ClNO/c1-2-12(10-17)18-15-8-7-11-5-3-4-6-13(11)14(15)9-16/h3-8,12H,2,9H2,1H3. The molecule has 2 rings (SSSR count). The maximum absolute atomic E-state index is 8.96. The van der Waals surface area contributed by atoms with Crippen LogP contribution in [0.1, 0.15) is 18.9 Å². The molecule has 1 unspecified atom stereocenters. The summed E-state index contributed by atoms with van der Waals surface area (Å²) >= 11 is 6.02. The molecule has 0 saturated carbocycles. The Kier molecular flexibility index (Phi) is 4.07. The van der Waals surface area contributed by atoms with Crippen LogP contribution in [0.15, 0.2) is 36.4 Å². The maximum Gasteiger partial charge on any atom is 0.184 e. The molecule has 0 aliphatic carbocycles. The van der Waals surface area contributed by atoms with Crippen LogP contribution in [0.2, 0.25) is 0 Å². The van der Waals surface area contributed by atoms with Gasteiger partial charge in [0.05, 0.1) is 5.88 Å². The Morgan fingerprint density at radius 3 is 2.72 bits per heavy atom. The van der Waals surface area contributed by atoms with E-state index in [-0.39, 0.29) is 0 Å². The van der Waals surface area contributed by atoms with E-state index in [0.717, 1.165) is 16.3 Å². The second-order valence-corrected chi connectivity index (χ2v) is 4.31. The van der Waals surface area contributed by atoms with E-state index < -0.39 is 6.10 Å². The molecule has 0 aliphatic heterocycles. The SMILES string of the molecule is CCC(C#N)Oc1ccc2ccccc2c1CCl. The van der Waals surface area contributed by atoms with Crippen LogP contribution in [0.5, 0.6) is 5.75 Å². The Labute approximate surface area is 112 Å². The summed E-state index contributed by atoms with van der Waals surface area (Å²) in [6.07, 6.45) is 0.235. The molecule has 0 N–H and O–H groups in total. The van der Waals surface area contributed by atoms with Crippen molar-refractivity contribution >= 4 is 22.4 Å². The van der Waals surface area contributed by atoms with Gasteiger partial charge in [-0.05, 0) is 23.3 Å².